The predicted molar refractivity (Wildman–Crippen MR) is 214 cm³/mol. The van der Waals surface area contributed by atoms with Gasteiger partial charge in [0.25, 0.3) is 0 Å². The molecule has 1 aromatic carbocycles. The Bertz CT molecular complexity index is 1210. The van der Waals surface area contributed by atoms with Gasteiger partial charge in [-0.15, -0.1) is 20.4 Å². The van der Waals surface area contributed by atoms with Crippen LogP contribution in [0.1, 0.15) is 17.8 Å². The van der Waals surface area contributed by atoms with Crippen molar-refractivity contribution in [3.8, 4) is 11.4 Å². The van der Waals surface area contributed by atoms with E-state index in [-0.39, 0.29) is 12.3 Å². The van der Waals surface area contributed by atoms with E-state index in [2.05, 4.69) is 25.7 Å². The zero-order chi connectivity index (χ0) is 41.9. The molecule has 20 nitrogen and oxygen atoms in total. The molecule has 0 atom stereocenters. The number of benzene rings is 1. The van der Waals surface area contributed by atoms with Gasteiger partial charge in [0.2, 0.25) is 11.7 Å². The summed E-state index contributed by atoms with van der Waals surface area (Å²) in [5, 5.41) is 18.8. The third-order valence-electron chi connectivity index (χ3n) is 7.48. The molecular weight excluding hydrogens is 776 g/mol. The first kappa shape index (κ1) is 52.2. The predicted octanol–water partition coefficient (Wildman–Crippen LogP) is 0.423. The Kier molecular flexibility index (Phi) is 35.8. The molecule has 0 aliphatic heterocycles. The molecule has 0 aliphatic carbocycles. The fourth-order valence-corrected chi connectivity index (χ4v) is 4.44. The Morgan fingerprint density at radius 3 is 1.03 bits per heavy atom. The van der Waals surface area contributed by atoms with Crippen LogP contribution < -0.4 is 11.1 Å². The van der Waals surface area contributed by atoms with Gasteiger partial charge in [0.15, 0.2) is 5.82 Å². The average molecular weight is 845 g/mol. The molecule has 59 heavy (non-hydrogen) atoms. The number of amides is 1. The van der Waals surface area contributed by atoms with E-state index in [9.17, 15) is 4.79 Å². The van der Waals surface area contributed by atoms with Gasteiger partial charge in [0.1, 0.15) is 0 Å². The van der Waals surface area contributed by atoms with Gasteiger partial charge in [0.05, 0.1) is 172 Å². The summed E-state index contributed by atoms with van der Waals surface area (Å²) in [6.07, 6.45) is 0.267. The van der Waals surface area contributed by atoms with Gasteiger partial charge in [-0.2, -0.15) is 0 Å². The largest absolute Gasteiger partial charge is 0.379 e. The lowest BCUT2D eigenvalue weighted by molar-refractivity contribution is -0.122. The first-order valence-electron chi connectivity index (χ1n) is 20.3. The Balaban J connectivity index is 1.17. The Hall–Kier alpha value is -2.93. The monoisotopic (exact) mass is 844 g/mol. The Morgan fingerprint density at radius 2 is 0.729 bits per heavy atom. The number of ether oxygens (including phenoxy) is 13. The number of carbonyl (C=O) groups is 1. The number of nitrogens with two attached hydrogens (primary N) is 1. The van der Waals surface area contributed by atoms with Crippen molar-refractivity contribution >= 4 is 5.91 Å². The second-order valence-corrected chi connectivity index (χ2v) is 12.2. The highest BCUT2D eigenvalue weighted by atomic mass is 16.6. The maximum atomic E-state index is 12.1. The molecule has 0 spiro atoms. The Labute approximate surface area is 348 Å². The van der Waals surface area contributed by atoms with Gasteiger partial charge < -0.3 is 72.6 Å². The van der Waals surface area contributed by atoms with Gasteiger partial charge in [-0.05, 0) is 12.5 Å². The number of hydrogen-bond donors (Lipinski definition) is 2. The minimum absolute atomic E-state index is 0.0887. The molecule has 0 saturated heterocycles. The number of aromatic nitrogens is 4. The fraction of sp³-hybridized carbons (Fsp3) is 0.769. The van der Waals surface area contributed by atoms with Crippen LogP contribution in [0.4, 0.5) is 0 Å². The number of nitrogens with zero attached hydrogens (tertiary/aromatic N) is 4. The smallest absolute Gasteiger partial charge is 0.222 e. The SMILES string of the molecule is Cc1nnc(-c2ccc(CNC(=O)CCOCCOCCOCCOCCOCCOCCOCCOCCOCCOCCOCCOCCOCCN)cc2)nn1. The molecule has 1 amide bonds. The van der Waals surface area contributed by atoms with Crippen molar-refractivity contribution in [1.82, 2.24) is 25.7 Å². The highest BCUT2D eigenvalue weighted by Gasteiger charge is 2.05. The van der Waals surface area contributed by atoms with Gasteiger partial charge in [0, 0.05) is 25.1 Å². The van der Waals surface area contributed by atoms with Crippen LogP contribution in [0.5, 0.6) is 0 Å². The summed E-state index contributed by atoms with van der Waals surface area (Å²) in [7, 11) is 0. The highest BCUT2D eigenvalue weighted by Crippen LogP contribution is 2.14. The summed E-state index contributed by atoms with van der Waals surface area (Å²) in [6.45, 7) is 15.2. The van der Waals surface area contributed by atoms with Crippen LogP contribution in [0, 0.1) is 6.92 Å². The van der Waals surface area contributed by atoms with Gasteiger partial charge in [-0.25, -0.2) is 0 Å². The van der Waals surface area contributed by atoms with Crippen LogP contribution in [-0.4, -0.2) is 205 Å². The zero-order valence-corrected chi connectivity index (χ0v) is 34.9. The van der Waals surface area contributed by atoms with Gasteiger partial charge >= 0.3 is 0 Å². The lowest BCUT2D eigenvalue weighted by Gasteiger charge is -2.09. The van der Waals surface area contributed by atoms with Gasteiger partial charge in [-0.3, -0.25) is 4.79 Å². The molecule has 20 heteroatoms. The molecule has 0 unspecified atom stereocenters. The summed E-state index contributed by atoms with van der Waals surface area (Å²) >= 11 is 0. The van der Waals surface area contributed by atoms with E-state index in [1.165, 1.54) is 0 Å². The topological polar surface area (TPSA) is 227 Å². The van der Waals surface area contributed by atoms with Crippen molar-refractivity contribution in [2.75, 3.05) is 178 Å². The molecule has 0 fully saturated rings. The number of aryl methyl sites for hydroxylation is 1. The van der Waals surface area contributed by atoms with Crippen molar-refractivity contribution < 1.29 is 66.4 Å². The van der Waals surface area contributed by atoms with E-state index in [0.29, 0.717) is 197 Å². The first-order chi connectivity index (χ1) is 29.2. The molecule has 2 aromatic rings. The van der Waals surface area contributed by atoms with E-state index in [1.54, 1.807) is 6.92 Å². The van der Waals surface area contributed by atoms with Crippen LogP contribution in [0.2, 0.25) is 0 Å². The molecule has 0 saturated carbocycles. The minimum Gasteiger partial charge on any atom is -0.379 e. The van der Waals surface area contributed by atoms with Gasteiger partial charge in [-0.1, -0.05) is 24.3 Å². The molecule has 338 valence electrons. The van der Waals surface area contributed by atoms with Crippen molar-refractivity contribution in [2.45, 2.75) is 19.9 Å². The molecule has 0 aliphatic rings. The average Bonchev–Trinajstić information content (AvgIpc) is 3.25. The van der Waals surface area contributed by atoms with E-state index >= 15 is 0 Å². The van der Waals surface area contributed by atoms with Crippen LogP contribution in [0.15, 0.2) is 24.3 Å². The standard InChI is InChI=1S/C39H68N6O14/c1-35-42-44-39(45-43-35)37-4-2-36(3-5-37)34-41-38(46)6-8-47-10-12-49-14-16-51-18-20-53-22-24-55-26-28-57-30-32-59-33-31-58-29-27-56-25-23-54-21-19-52-17-15-50-13-11-48-9-7-40/h2-5H,6-34,40H2,1H3,(H,41,46). The Morgan fingerprint density at radius 1 is 0.441 bits per heavy atom. The molecule has 2 rings (SSSR count). The lowest BCUT2D eigenvalue weighted by atomic mass is 10.1. The molecule has 1 heterocycles. The van der Waals surface area contributed by atoms with E-state index in [4.69, 9.17) is 67.3 Å². The molecule has 0 bridgehead atoms. The van der Waals surface area contributed by atoms with E-state index in [0.717, 1.165) is 11.1 Å². The highest BCUT2D eigenvalue weighted by molar-refractivity contribution is 5.76. The summed E-state index contributed by atoms with van der Waals surface area (Å²) in [4.78, 5) is 12.1. The number of hydrogen-bond acceptors (Lipinski definition) is 19. The molecule has 0 radical (unpaired) electrons. The normalized spacial score (nSPS) is 11.4. The maximum Gasteiger partial charge on any atom is 0.222 e. The molecule has 3 N–H and O–H groups in total. The van der Waals surface area contributed by atoms with Crippen LogP contribution >= 0.6 is 0 Å². The van der Waals surface area contributed by atoms with Crippen molar-refractivity contribution in [1.29, 1.82) is 0 Å². The number of carbonyl (C=O) groups excluding carboxylic acids is 1. The summed E-state index contributed by atoms with van der Waals surface area (Å²) in [5.74, 6) is 0.882. The summed E-state index contributed by atoms with van der Waals surface area (Å²) in [5.41, 5.74) is 7.10. The first-order valence-corrected chi connectivity index (χ1v) is 20.3. The summed E-state index contributed by atoms with van der Waals surface area (Å²) < 4.78 is 70.9. The number of rotatable bonds is 44. The fourth-order valence-electron chi connectivity index (χ4n) is 4.44. The van der Waals surface area contributed by atoms with Crippen LogP contribution in [0.3, 0.4) is 0 Å². The summed E-state index contributed by atoms with van der Waals surface area (Å²) in [6, 6.07) is 7.55. The maximum absolute atomic E-state index is 12.1. The van der Waals surface area contributed by atoms with Crippen molar-refractivity contribution in [2.24, 2.45) is 5.73 Å². The number of nitrogens with one attached hydrogen (secondary N) is 1. The van der Waals surface area contributed by atoms with E-state index < -0.39 is 0 Å². The third kappa shape index (κ3) is 33.5. The lowest BCUT2D eigenvalue weighted by Crippen LogP contribution is -2.24. The molecular formula is C39H68N6O14. The van der Waals surface area contributed by atoms with Crippen molar-refractivity contribution in [3.63, 3.8) is 0 Å². The van der Waals surface area contributed by atoms with E-state index in [1.807, 2.05) is 24.3 Å². The van der Waals surface area contributed by atoms with Crippen LogP contribution in [-0.2, 0) is 72.9 Å². The molecule has 1 aromatic heterocycles. The second-order valence-electron chi connectivity index (χ2n) is 12.2. The zero-order valence-electron chi connectivity index (χ0n) is 34.9. The quantitative estimate of drug-likeness (QED) is 0.0862. The second kappa shape index (κ2) is 40.5. The van der Waals surface area contributed by atoms with Crippen molar-refractivity contribution in [3.05, 3.63) is 35.7 Å². The van der Waals surface area contributed by atoms with Crippen LogP contribution in [0.25, 0.3) is 11.4 Å². The minimum atomic E-state index is -0.0887. The third-order valence-corrected chi connectivity index (χ3v) is 7.48.